The number of nitrogens with one attached hydrogen (secondary N) is 1. The molecule has 150 valence electrons. The Hall–Kier alpha value is -2.49. The van der Waals surface area contributed by atoms with Crippen LogP contribution in [0.1, 0.15) is 64.0 Å². The summed E-state index contributed by atoms with van der Waals surface area (Å²) in [7, 11) is 0. The van der Waals surface area contributed by atoms with Crippen LogP contribution in [0.25, 0.3) is 0 Å². The summed E-state index contributed by atoms with van der Waals surface area (Å²) in [5, 5.41) is 2.82. The Labute approximate surface area is 168 Å². The largest absolute Gasteiger partial charge is 0.493 e. The first-order valence-corrected chi connectivity index (χ1v) is 10.2. The molecule has 1 aliphatic heterocycles. The van der Waals surface area contributed by atoms with Gasteiger partial charge in [0.1, 0.15) is 17.2 Å². The molecule has 0 bridgehead atoms. The third-order valence-corrected chi connectivity index (χ3v) is 5.05. The molecule has 1 heterocycles. The molecule has 1 N–H and O–H groups in total. The van der Waals surface area contributed by atoms with Gasteiger partial charge in [-0.2, -0.15) is 0 Å². The topological polar surface area (TPSA) is 47.6 Å². The highest BCUT2D eigenvalue weighted by molar-refractivity contribution is 5.75. The molecule has 0 radical (unpaired) electrons. The molecule has 1 unspecified atom stereocenters. The lowest BCUT2D eigenvalue weighted by Gasteiger charge is -2.37. The van der Waals surface area contributed by atoms with E-state index in [0.717, 1.165) is 30.1 Å². The molecule has 2 aromatic carbocycles. The minimum absolute atomic E-state index is 0.0794. The highest BCUT2D eigenvalue weighted by atomic mass is 16.5. The van der Waals surface area contributed by atoms with Crippen molar-refractivity contribution in [2.24, 2.45) is 5.41 Å². The van der Waals surface area contributed by atoms with Crippen molar-refractivity contribution in [3.8, 4) is 17.2 Å². The van der Waals surface area contributed by atoms with Crippen molar-refractivity contribution in [3.05, 3.63) is 53.6 Å². The molecule has 0 saturated heterocycles. The number of unbranched alkanes of at least 4 members (excludes halogenated alkanes) is 1. The molecular weight excluding hydrogens is 350 g/mol. The minimum atomic E-state index is 0.0794. The molecule has 0 aliphatic carbocycles. The maximum Gasteiger partial charge on any atom is 0.219 e. The van der Waals surface area contributed by atoms with Gasteiger partial charge >= 0.3 is 0 Å². The van der Waals surface area contributed by atoms with E-state index in [-0.39, 0.29) is 17.2 Å². The van der Waals surface area contributed by atoms with E-state index in [2.05, 4.69) is 44.3 Å². The highest BCUT2D eigenvalue weighted by Gasteiger charge is 2.35. The third kappa shape index (κ3) is 4.67. The van der Waals surface area contributed by atoms with Crippen molar-refractivity contribution in [1.82, 2.24) is 5.32 Å². The van der Waals surface area contributed by atoms with Crippen LogP contribution in [0.15, 0.2) is 42.5 Å². The number of fused-ring (bicyclic) bond motifs is 2. The molecule has 0 saturated carbocycles. The molecule has 3 rings (SSSR count). The van der Waals surface area contributed by atoms with E-state index in [0.29, 0.717) is 19.6 Å². The lowest BCUT2D eigenvalue weighted by Crippen LogP contribution is -2.23. The number of carbonyl (C=O) groups is 1. The Morgan fingerprint density at radius 2 is 1.82 bits per heavy atom. The van der Waals surface area contributed by atoms with E-state index in [9.17, 15) is 4.79 Å². The normalized spacial score (nSPS) is 15.2. The fraction of sp³-hybridized carbons (Fsp3) is 0.458. The van der Waals surface area contributed by atoms with Gasteiger partial charge in [-0.15, -0.1) is 0 Å². The fourth-order valence-corrected chi connectivity index (χ4v) is 3.83. The van der Waals surface area contributed by atoms with Crippen molar-refractivity contribution in [2.75, 3.05) is 13.2 Å². The fourth-order valence-electron chi connectivity index (χ4n) is 3.83. The molecule has 1 atom stereocenters. The number of hydrogen-bond acceptors (Lipinski definition) is 3. The lowest BCUT2D eigenvalue weighted by atomic mass is 9.71. The van der Waals surface area contributed by atoms with E-state index in [1.165, 1.54) is 11.1 Å². The van der Waals surface area contributed by atoms with E-state index in [1.54, 1.807) is 0 Å². The van der Waals surface area contributed by atoms with E-state index in [1.807, 2.05) is 31.2 Å². The quantitative estimate of drug-likeness (QED) is 0.630. The maximum absolute atomic E-state index is 11.5. The van der Waals surface area contributed by atoms with Gasteiger partial charge in [-0.3, -0.25) is 4.79 Å². The SMILES string of the molecule is CCNC(=O)CCCCOc1ccc2c(c1)Oc1ccccc1C2C(C)(C)C. The first kappa shape index (κ1) is 20.2. The summed E-state index contributed by atoms with van der Waals surface area (Å²) in [4.78, 5) is 11.5. The van der Waals surface area contributed by atoms with Gasteiger partial charge in [0.2, 0.25) is 5.91 Å². The second-order valence-corrected chi connectivity index (χ2v) is 8.40. The number of benzene rings is 2. The number of rotatable bonds is 7. The minimum Gasteiger partial charge on any atom is -0.493 e. The molecule has 1 aliphatic rings. The second-order valence-electron chi connectivity index (χ2n) is 8.40. The highest BCUT2D eigenvalue weighted by Crippen LogP contribution is 2.52. The number of para-hydroxylation sites is 1. The second kappa shape index (κ2) is 8.68. The zero-order chi connectivity index (χ0) is 20.1. The monoisotopic (exact) mass is 381 g/mol. The molecule has 4 heteroatoms. The predicted molar refractivity (Wildman–Crippen MR) is 112 cm³/mol. The van der Waals surface area contributed by atoms with Crippen LogP contribution >= 0.6 is 0 Å². The summed E-state index contributed by atoms with van der Waals surface area (Å²) in [5.41, 5.74) is 2.52. The zero-order valence-corrected chi connectivity index (χ0v) is 17.4. The Bertz CT molecular complexity index is 823. The van der Waals surface area contributed by atoms with Crippen LogP contribution < -0.4 is 14.8 Å². The van der Waals surface area contributed by atoms with Crippen LogP contribution in [0.2, 0.25) is 0 Å². The van der Waals surface area contributed by atoms with Crippen molar-refractivity contribution < 1.29 is 14.3 Å². The summed E-state index contributed by atoms with van der Waals surface area (Å²) in [6.07, 6.45) is 2.23. The summed E-state index contributed by atoms with van der Waals surface area (Å²) in [6.45, 7) is 10.0. The van der Waals surface area contributed by atoms with Crippen LogP contribution in [0, 0.1) is 5.41 Å². The molecule has 0 fully saturated rings. The molecular formula is C24H31NO3. The molecule has 0 aromatic heterocycles. The van der Waals surface area contributed by atoms with Gasteiger partial charge in [0, 0.05) is 36.1 Å². The Balaban J connectivity index is 1.67. The van der Waals surface area contributed by atoms with Crippen molar-refractivity contribution in [1.29, 1.82) is 0 Å². The van der Waals surface area contributed by atoms with Gasteiger partial charge in [0.25, 0.3) is 0 Å². The predicted octanol–water partition coefficient (Wildman–Crippen LogP) is 5.66. The van der Waals surface area contributed by atoms with E-state index < -0.39 is 0 Å². The average Bonchev–Trinajstić information content (AvgIpc) is 2.65. The van der Waals surface area contributed by atoms with Crippen LogP contribution in [-0.4, -0.2) is 19.1 Å². The third-order valence-electron chi connectivity index (χ3n) is 5.05. The van der Waals surface area contributed by atoms with Crippen LogP contribution in [0.3, 0.4) is 0 Å². The van der Waals surface area contributed by atoms with Gasteiger partial charge < -0.3 is 14.8 Å². The van der Waals surface area contributed by atoms with Gasteiger partial charge in [-0.05, 0) is 37.3 Å². The van der Waals surface area contributed by atoms with Crippen LogP contribution in [-0.2, 0) is 4.79 Å². The standard InChI is InChI=1S/C24H31NO3/c1-5-25-22(26)12-8-9-15-27-17-13-14-19-21(16-17)28-20-11-7-6-10-18(20)23(19)24(2,3)4/h6-7,10-11,13-14,16,23H,5,8-9,12,15H2,1-4H3,(H,25,26). The smallest absolute Gasteiger partial charge is 0.219 e. The van der Waals surface area contributed by atoms with Crippen molar-refractivity contribution in [2.45, 2.75) is 52.9 Å². The van der Waals surface area contributed by atoms with E-state index in [4.69, 9.17) is 9.47 Å². The number of hydrogen-bond donors (Lipinski definition) is 1. The molecule has 0 spiro atoms. The first-order chi connectivity index (χ1) is 13.4. The Morgan fingerprint density at radius 3 is 2.57 bits per heavy atom. The molecule has 1 amide bonds. The summed E-state index contributed by atoms with van der Waals surface area (Å²) in [6, 6.07) is 14.4. The van der Waals surface area contributed by atoms with Crippen molar-refractivity contribution >= 4 is 5.91 Å². The van der Waals surface area contributed by atoms with Gasteiger partial charge in [-0.1, -0.05) is 45.0 Å². The first-order valence-electron chi connectivity index (χ1n) is 10.2. The van der Waals surface area contributed by atoms with Crippen molar-refractivity contribution in [3.63, 3.8) is 0 Å². The Kier molecular flexibility index (Phi) is 6.28. The summed E-state index contributed by atoms with van der Waals surface area (Å²) < 4.78 is 12.1. The maximum atomic E-state index is 11.5. The lowest BCUT2D eigenvalue weighted by molar-refractivity contribution is -0.121. The summed E-state index contributed by atoms with van der Waals surface area (Å²) >= 11 is 0. The molecule has 28 heavy (non-hydrogen) atoms. The number of carbonyl (C=O) groups excluding carboxylic acids is 1. The van der Waals surface area contributed by atoms with E-state index >= 15 is 0 Å². The average molecular weight is 382 g/mol. The zero-order valence-electron chi connectivity index (χ0n) is 17.4. The number of ether oxygens (including phenoxy) is 2. The van der Waals surface area contributed by atoms with Crippen LogP contribution in [0.5, 0.6) is 17.2 Å². The Morgan fingerprint density at radius 1 is 1.07 bits per heavy atom. The van der Waals surface area contributed by atoms with Gasteiger partial charge in [0.05, 0.1) is 6.61 Å². The van der Waals surface area contributed by atoms with Gasteiger partial charge in [-0.25, -0.2) is 0 Å². The molecule has 4 nitrogen and oxygen atoms in total. The van der Waals surface area contributed by atoms with Gasteiger partial charge in [0.15, 0.2) is 0 Å². The number of amides is 1. The summed E-state index contributed by atoms with van der Waals surface area (Å²) in [5.74, 6) is 2.99. The molecule has 2 aromatic rings. The van der Waals surface area contributed by atoms with Crippen LogP contribution in [0.4, 0.5) is 0 Å².